The zero-order valence-electron chi connectivity index (χ0n) is 17.6. The number of amides is 1. The summed E-state index contributed by atoms with van der Waals surface area (Å²) in [6.45, 7) is 9.25. The minimum absolute atomic E-state index is 0.0231. The minimum atomic E-state index is -3.53. The van der Waals surface area contributed by atoms with E-state index in [1.807, 2.05) is 25.3 Å². The molecule has 0 atom stereocenters. The molecule has 6 nitrogen and oxygen atoms in total. The molecule has 160 valence electrons. The van der Waals surface area contributed by atoms with Gasteiger partial charge in [-0.25, -0.2) is 8.42 Å². The Bertz CT molecular complexity index is 1250. The molecule has 0 aliphatic heterocycles. The largest absolute Gasteiger partial charge is 0.380 e. The van der Waals surface area contributed by atoms with Crippen LogP contribution in [0.25, 0.3) is 10.2 Å². The monoisotopic (exact) mass is 446 g/mol. The molecule has 2 aromatic carbocycles. The number of aromatic nitrogens is 1. The van der Waals surface area contributed by atoms with Gasteiger partial charge in [-0.05, 0) is 56.2 Å². The number of rotatable bonds is 7. The van der Waals surface area contributed by atoms with Crippen LogP contribution in [0.15, 0.2) is 46.3 Å². The van der Waals surface area contributed by atoms with Crippen molar-refractivity contribution in [1.82, 2.24) is 4.57 Å². The molecule has 0 unspecified atom stereocenters. The van der Waals surface area contributed by atoms with Crippen molar-refractivity contribution in [3.63, 3.8) is 0 Å². The van der Waals surface area contributed by atoms with Crippen molar-refractivity contribution in [3.8, 4) is 0 Å². The molecule has 0 aliphatic rings. The summed E-state index contributed by atoms with van der Waals surface area (Å²) >= 11 is 1.42. The maximum atomic E-state index is 13.0. The molecule has 8 heteroatoms. The van der Waals surface area contributed by atoms with E-state index in [1.54, 1.807) is 19.1 Å². The number of carbonyl (C=O) groups excluding carboxylic acids is 1. The second kappa shape index (κ2) is 9.24. The van der Waals surface area contributed by atoms with Crippen LogP contribution in [0.2, 0.25) is 0 Å². The van der Waals surface area contributed by atoms with Gasteiger partial charge in [0.15, 0.2) is 14.6 Å². The van der Waals surface area contributed by atoms with E-state index in [9.17, 15) is 13.2 Å². The fourth-order valence-corrected chi connectivity index (χ4v) is 5.36. The van der Waals surface area contributed by atoms with Gasteiger partial charge in [-0.2, -0.15) is 4.99 Å². The van der Waals surface area contributed by atoms with Crippen LogP contribution >= 0.6 is 11.3 Å². The van der Waals surface area contributed by atoms with Gasteiger partial charge < -0.3 is 9.30 Å². The molecule has 1 heterocycles. The summed E-state index contributed by atoms with van der Waals surface area (Å²) in [5.41, 5.74) is 3.41. The summed E-state index contributed by atoms with van der Waals surface area (Å²) < 4.78 is 33.3. The van der Waals surface area contributed by atoms with Crippen LogP contribution in [-0.4, -0.2) is 37.9 Å². The normalized spacial score (nSPS) is 12.6. The van der Waals surface area contributed by atoms with E-state index in [0.717, 1.165) is 21.3 Å². The van der Waals surface area contributed by atoms with E-state index in [0.29, 0.717) is 24.6 Å². The molecule has 3 aromatic rings. The van der Waals surface area contributed by atoms with Gasteiger partial charge in [0.2, 0.25) is 0 Å². The van der Waals surface area contributed by atoms with Gasteiger partial charge in [0.05, 0.1) is 33.0 Å². The number of ether oxygens (including phenoxy) is 1. The Morgan fingerprint density at radius 3 is 2.53 bits per heavy atom. The van der Waals surface area contributed by atoms with Crippen LogP contribution in [0.5, 0.6) is 0 Å². The predicted octanol–water partition coefficient (Wildman–Crippen LogP) is 3.89. The Labute approximate surface area is 180 Å². The number of hydrogen-bond donors (Lipinski definition) is 0. The van der Waals surface area contributed by atoms with E-state index in [2.05, 4.69) is 17.1 Å². The molecule has 1 aromatic heterocycles. The quantitative estimate of drug-likeness (QED) is 0.516. The maximum absolute atomic E-state index is 13.0. The third-order valence-corrected chi connectivity index (χ3v) is 7.82. The number of carbonyl (C=O) groups is 1. The average molecular weight is 447 g/mol. The van der Waals surface area contributed by atoms with Crippen molar-refractivity contribution >= 4 is 37.3 Å². The molecule has 0 saturated heterocycles. The first-order chi connectivity index (χ1) is 14.3. The van der Waals surface area contributed by atoms with E-state index >= 15 is 0 Å². The van der Waals surface area contributed by atoms with Crippen LogP contribution in [0.1, 0.15) is 35.3 Å². The van der Waals surface area contributed by atoms with Crippen LogP contribution in [0.3, 0.4) is 0 Å². The zero-order chi connectivity index (χ0) is 21.9. The van der Waals surface area contributed by atoms with Gasteiger partial charge in [0.1, 0.15) is 0 Å². The van der Waals surface area contributed by atoms with Crippen LogP contribution < -0.4 is 4.80 Å². The highest BCUT2D eigenvalue weighted by Crippen LogP contribution is 2.23. The Morgan fingerprint density at radius 2 is 1.83 bits per heavy atom. The van der Waals surface area contributed by atoms with Crippen LogP contribution in [0, 0.1) is 13.8 Å². The van der Waals surface area contributed by atoms with Crippen molar-refractivity contribution in [3.05, 3.63) is 57.9 Å². The number of sulfone groups is 1. The number of fused-ring (bicyclic) bond motifs is 1. The topological polar surface area (TPSA) is 77.7 Å². The summed E-state index contributed by atoms with van der Waals surface area (Å²) in [5, 5.41) is 0. The first kappa shape index (κ1) is 22.4. The van der Waals surface area contributed by atoms with Gasteiger partial charge in [-0.3, -0.25) is 4.79 Å². The van der Waals surface area contributed by atoms with E-state index < -0.39 is 15.7 Å². The van der Waals surface area contributed by atoms with Crippen molar-refractivity contribution in [1.29, 1.82) is 0 Å². The van der Waals surface area contributed by atoms with Crippen molar-refractivity contribution < 1.29 is 17.9 Å². The smallest absolute Gasteiger partial charge is 0.280 e. The van der Waals surface area contributed by atoms with Gasteiger partial charge in [0, 0.05) is 13.2 Å². The van der Waals surface area contributed by atoms with Crippen molar-refractivity contribution in [2.75, 3.05) is 19.0 Å². The molecule has 0 radical (unpaired) electrons. The fourth-order valence-electron chi connectivity index (χ4n) is 3.14. The number of hydrogen-bond acceptors (Lipinski definition) is 5. The number of nitrogens with zero attached hydrogens (tertiary/aromatic N) is 2. The molecule has 30 heavy (non-hydrogen) atoms. The lowest BCUT2D eigenvalue weighted by Gasteiger charge is -2.08. The van der Waals surface area contributed by atoms with E-state index in [1.165, 1.54) is 23.5 Å². The number of aryl methyl sites for hydroxylation is 2. The Balaban J connectivity index is 2.16. The molecule has 1 amide bonds. The van der Waals surface area contributed by atoms with Gasteiger partial charge in [-0.15, -0.1) is 0 Å². The summed E-state index contributed by atoms with van der Waals surface area (Å²) in [6, 6.07) is 10.4. The Hall–Kier alpha value is -2.29. The molecular weight excluding hydrogens is 420 g/mol. The van der Waals surface area contributed by atoms with Gasteiger partial charge in [0.25, 0.3) is 5.91 Å². The summed E-state index contributed by atoms with van der Waals surface area (Å²) in [4.78, 5) is 17.9. The van der Waals surface area contributed by atoms with Crippen molar-refractivity contribution in [2.45, 2.75) is 39.1 Å². The van der Waals surface area contributed by atoms with Gasteiger partial charge in [-0.1, -0.05) is 30.4 Å². The summed E-state index contributed by atoms with van der Waals surface area (Å²) in [7, 11) is -3.53. The summed E-state index contributed by atoms with van der Waals surface area (Å²) in [6.07, 6.45) is 0. The highest BCUT2D eigenvalue weighted by Gasteiger charge is 2.20. The highest BCUT2D eigenvalue weighted by molar-refractivity contribution is 7.91. The zero-order valence-corrected chi connectivity index (χ0v) is 19.3. The molecular formula is C22H26N2O4S2. The first-order valence-corrected chi connectivity index (χ1v) is 12.3. The molecule has 0 saturated carbocycles. The fraction of sp³-hybridized carbons (Fsp3) is 0.364. The SMILES string of the molecule is CCOCCn1c(=NC(=O)c2ccccc2S(=O)(=O)CC)sc2cc(C)c(C)cc21. The van der Waals surface area contributed by atoms with Crippen LogP contribution in [0.4, 0.5) is 0 Å². The minimum Gasteiger partial charge on any atom is -0.380 e. The Morgan fingerprint density at radius 1 is 1.13 bits per heavy atom. The third-order valence-electron chi connectivity index (χ3n) is 4.99. The standard InChI is InChI=1S/C22H26N2O4S2/c1-5-28-12-11-24-18-13-15(3)16(4)14-19(18)29-22(24)23-21(25)17-9-7-8-10-20(17)30(26,27)6-2/h7-10,13-14H,5-6,11-12H2,1-4H3. The van der Waals surface area contributed by atoms with Crippen LogP contribution in [-0.2, 0) is 21.1 Å². The average Bonchev–Trinajstić information content (AvgIpc) is 3.04. The maximum Gasteiger partial charge on any atom is 0.280 e. The van der Waals surface area contributed by atoms with E-state index in [4.69, 9.17) is 4.74 Å². The Kier molecular flexibility index (Phi) is 6.90. The lowest BCUT2D eigenvalue weighted by Crippen LogP contribution is -2.20. The molecule has 0 fully saturated rings. The number of benzene rings is 2. The first-order valence-electron chi connectivity index (χ1n) is 9.87. The second-order valence-electron chi connectivity index (χ2n) is 6.95. The van der Waals surface area contributed by atoms with Crippen molar-refractivity contribution in [2.24, 2.45) is 4.99 Å². The molecule has 0 aliphatic carbocycles. The molecule has 0 bridgehead atoms. The molecule has 0 spiro atoms. The predicted molar refractivity (Wildman–Crippen MR) is 120 cm³/mol. The second-order valence-corrected chi connectivity index (χ2v) is 10.2. The lowest BCUT2D eigenvalue weighted by molar-refractivity contribution is 0.0993. The van der Waals surface area contributed by atoms with E-state index in [-0.39, 0.29) is 16.2 Å². The van der Waals surface area contributed by atoms with Gasteiger partial charge >= 0.3 is 0 Å². The third kappa shape index (κ3) is 4.55. The lowest BCUT2D eigenvalue weighted by atomic mass is 10.1. The molecule has 3 rings (SSSR count). The summed E-state index contributed by atoms with van der Waals surface area (Å²) in [5.74, 6) is -0.639. The molecule has 0 N–H and O–H groups in total. The highest BCUT2D eigenvalue weighted by atomic mass is 32.2. The number of thiazole rings is 1.